The number of H-pyrrole nitrogens is 1. The van der Waals surface area contributed by atoms with Crippen molar-refractivity contribution in [1.82, 2.24) is 19.5 Å². The van der Waals surface area contributed by atoms with Crippen molar-refractivity contribution in [3.8, 4) is 17.6 Å². The molecule has 0 fully saturated rings. The molecular weight excluding hydrogens is 448 g/mol. The van der Waals surface area contributed by atoms with E-state index in [9.17, 15) is 14.0 Å². The van der Waals surface area contributed by atoms with Gasteiger partial charge in [0.1, 0.15) is 17.7 Å². The molecular formula is C20H16Cl2FN5O3. The Morgan fingerprint density at radius 3 is 2.45 bits per heavy atom. The number of nitriles is 1. The number of aryl methyl sites for hydroxylation is 2. The van der Waals surface area contributed by atoms with Crippen LogP contribution in [0, 0.1) is 25.2 Å². The lowest BCUT2D eigenvalue weighted by atomic mass is 10.2. The molecule has 2 heterocycles. The van der Waals surface area contributed by atoms with Crippen LogP contribution in [0.1, 0.15) is 41.4 Å². The van der Waals surface area contributed by atoms with Crippen molar-refractivity contribution in [2.45, 2.75) is 33.5 Å². The van der Waals surface area contributed by atoms with Gasteiger partial charge in [0.2, 0.25) is 5.75 Å². The highest BCUT2D eigenvalue weighted by Gasteiger charge is 2.22. The molecule has 3 aromatic rings. The molecule has 8 nitrogen and oxygen atoms in total. The molecule has 31 heavy (non-hydrogen) atoms. The number of aromatic nitrogens is 4. The summed E-state index contributed by atoms with van der Waals surface area (Å²) in [5.41, 5.74) is -0.532. The average Bonchev–Trinajstić information content (AvgIpc) is 2.68. The molecule has 0 amide bonds. The van der Waals surface area contributed by atoms with Gasteiger partial charge in [0.05, 0.1) is 40.1 Å². The van der Waals surface area contributed by atoms with Crippen molar-refractivity contribution in [3.63, 3.8) is 0 Å². The molecule has 0 bridgehead atoms. The van der Waals surface area contributed by atoms with Gasteiger partial charge in [-0.05, 0) is 32.9 Å². The van der Waals surface area contributed by atoms with Gasteiger partial charge in [-0.25, -0.2) is 14.4 Å². The second kappa shape index (κ2) is 8.88. The zero-order valence-electron chi connectivity index (χ0n) is 16.7. The lowest BCUT2D eigenvalue weighted by Crippen LogP contribution is -2.28. The highest BCUT2D eigenvalue weighted by atomic mass is 35.5. The summed E-state index contributed by atoms with van der Waals surface area (Å²) in [4.78, 5) is 36.2. The zero-order chi connectivity index (χ0) is 22.9. The number of rotatable bonds is 5. The number of aromatic amines is 1. The number of nitrogens with zero attached hydrogens (tertiary/aromatic N) is 4. The molecule has 0 aliphatic carbocycles. The minimum Gasteiger partial charge on any atom is -0.446 e. The molecule has 11 heteroatoms. The van der Waals surface area contributed by atoms with Crippen LogP contribution < -0.4 is 15.9 Å². The molecule has 0 aliphatic heterocycles. The minimum atomic E-state index is -1.64. The summed E-state index contributed by atoms with van der Waals surface area (Å²) in [5, 5.41) is 8.94. The SMILES string of the molecule is Cc1nc(C)c(Cn2cnc([C@@H](C)F)c(Oc3c(Cl)cc(C#N)cc3Cl)c2=O)c(=O)[nH]1. The van der Waals surface area contributed by atoms with Gasteiger partial charge in [0, 0.05) is 5.69 Å². The van der Waals surface area contributed by atoms with Crippen LogP contribution in [0.5, 0.6) is 11.5 Å². The Hall–Kier alpha value is -3.22. The van der Waals surface area contributed by atoms with E-state index in [1.54, 1.807) is 13.8 Å². The first kappa shape index (κ1) is 22.5. The van der Waals surface area contributed by atoms with Gasteiger partial charge >= 0.3 is 0 Å². The molecule has 2 aromatic heterocycles. The standard InChI is InChI=1S/C20H16Cl2FN5O3/c1-9(23)16-18(31-17-14(21)4-12(6-24)5-15(17)22)20(30)28(8-25-16)7-13-10(2)26-11(3)27-19(13)29/h4-5,8-9H,7H2,1-3H3,(H,26,27,29)/t9-/m1/s1. The second-order valence-electron chi connectivity index (χ2n) is 6.71. The molecule has 1 N–H and O–H groups in total. The van der Waals surface area contributed by atoms with E-state index in [0.717, 1.165) is 10.9 Å². The highest BCUT2D eigenvalue weighted by Crippen LogP contribution is 2.38. The van der Waals surface area contributed by atoms with Crippen LogP contribution in [-0.2, 0) is 6.54 Å². The Morgan fingerprint density at radius 1 is 1.26 bits per heavy atom. The van der Waals surface area contributed by atoms with Gasteiger partial charge in [-0.1, -0.05) is 23.2 Å². The fraction of sp³-hybridized carbons (Fsp3) is 0.250. The van der Waals surface area contributed by atoms with Crippen LogP contribution in [0.15, 0.2) is 28.0 Å². The normalized spacial score (nSPS) is 11.8. The lowest BCUT2D eigenvalue weighted by molar-refractivity contribution is 0.344. The molecule has 1 atom stereocenters. The van der Waals surface area contributed by atoms with Crippen LogP contribution in [0.25, 0.3) is 0 Å². The van der Waals surface area contributed by atoms with E-state index in [2.05, 4.69) is 15.0 Å². The summed E-state index contributed by atoms with van der Waals surface area (Å²) in [5.74, 6) is -0.112. The maximum absolute atomic E-state index is 14.2. The predicted molar refractivity (Wildman–Crippen MR) is 113 cm³/mol. The summed E-state index contributed by atoms with van der Waals surface area (Å²) in [6.45, 7) is 4.31. The number of ether oxygens (including phenoxy) is 1. The van der Waals surface area contributed by atoms with Crippen molar-refractivity contribution in [3.05, 3.63) is 77.6 Å². The molecule has 0 aliphatic rings. The maximum Gasteiger partial charge on any atom is 0.297 e. The van der Waals surface area contributed by atoms with Gasteiger partial charge in [0.15, 0.2) is 5.75 Å². The molecule has 0 radical (unpaired) electrons. The van der Waals surface area contributed by atoms with E-state index in [1.807, 2.05) is 6.07 Å². The summed E-state index contributed by atoms with van der Waals surface area (Å²) in [7, 11) is 0. The van der Waals surface area contributed by atoms with Gasteiger partial charge in [0.25, 0.3) is 11.1 Å². The number of hydrogen-bond acceptors (Lipinski definition) is 6. The molecule has 0 unspecified atom stereocenters. The first-order valence-corrected chi connectivity index (χ1v) is 9.74. The third-order valence-electron chi connectivity index (χ3n) is 4.40. The van der Waals surface area contributed by atoms with E-state index in [-0.39, 0.29) is 39.2 Å². The smallest absolute Gasteiger partial charge is 0.297 e. The third kappa shape index (κ3) is 4.60. The largest absolute Gasteiger partial charge is 0.446 e. The number of halogens is 3. The summed E-state index contributed by atoms with van der Waals surface area (Å²) >= 11 is 12.3. The van der Waals surface area contributed by atoms with Crippen LogP contribution in [0.2, 0.25) is 10.0 Å². The van der Waals surface area contributed by atoms with Crippen LogP contribution >= 0.6 is 23.2 Å². The first-order chi connectivity index (χ1) is 14.6. The van der Waals surface area contributed by atoms with Crippen molar-refractivity contribution in [2.24, 2.45) is 0 Å². The topological polar surface area (TPSA) is 114 Å². The maximum atomic E-state index is 14.2. The Morgan fingerprint density at radius 2 is 1.90 bits per heavy atom. The Labute approximate surface area is 185 Å². The Kier molecular flexibility index (Phi) is 6.43. The number of hydrogen-bond donors (Lipinski definition) is 1. The third-order valence-corrected chi connectivity index (χ3v) is 4.96. The Balaban J connectivity index is 2.12. The molecule has 0 saturated carbocycles. The fourth-order valence-corrected chi connectivity index (χ4v) is 3.47. The van der Waals surface area contributed by atoms with E-state index in [4.69, 9.17) is 33.2 Å². The summed E-state index contributed by atoms with van der Waals surface area (Å²) in [6.07, 6.45) is -0.513. The monoisotopic (exact) mass is 463 g/mol. The van der Waals surface area contributed by atoms with Gasteiger partial charge in [-0.3, -0.25) is 14.2 Å². The Bertz CT molecular complexity index is 1300. The fourth-order valence-electron chi connectivity index (χ4n) is 2.91. The first-order valence-electron chi connectivity index (χ1n) is 8.99. The summed E-state index contributed by atoms with van der Waals surface area (Å²) in [6, 6.07) is 4.50. The van der Waals surface area contributed by atoms with Crippen LogP contribution in [-0.4, -0.2) is 19.5 Å². The van der Waals surface area contributed by atoms with Gasteiger partial charge in [-0.15, -0.1) is 0 Å². The van der Waals surface area contributed by atoms with Crippen LogP contribution in [0.3, 0.4) is 0 Å². The van der Waals surface area contributed by atoms with Crippen molar-refractivity contribution >= 4 is 23.2 Å². The average molecular weight is 464 g/mol. The second-order valence-corrected chi connectivity index (χ2v) is 7.52. The van der Waals surface area contributed by atoms with Crippen molar-refractivity contribution in [1.29, 1.82) is 5.26 Å². The lowest BCUT2D eigenvalue weighted by Gasteiger charge is -2.15. The van der Waals surface area contributed by atoms with Gasteiger partial charge in [-0.2, -0.15) is 5.26 Å². The molecule has 3 rings (SSSR count). The number of alkyl halides is 1. The van der Waals surface area contributed by atoms with E-state index in [1.165, 1.54) is 19.1 Å². The number of nitrogens with one attached hydrogen (secondary N) is 1. The molecule has 160 valence electrons. The number of benzene rings is 1. The molecule has 1 aromatic carbocycles. The molecule has 0 saturated heterocycles. The highest BCUT2D eigenvalue weighted by molar-refractivity contribution is 6.37. The summed E-state index contributed by atoms with van der Waals surface area (Å²) < 4.78 is 20.9. The quantitative estimate of drug-likeness (QED) is 0.611. The van der Waals surface area contributed by atoms with Gasteiger partial charge < -0.3 is 9.72 Å². The zero-order valence-corrected chi connectivity index (χ0v) is 18.2. The predicted octanol–water partition coefficient (Wildman–Crippen LogP) is 3.99. The van der Waals surface area contributed by atoms with Crippen LogP contribution in [0.4, 0.5) is 4.39 Å². The minimum absolute atomic E-state index is 0.0358. The van der Waals surface area contributed by atoms with E-state index in [0.29, 0.717) is 11.5 Å². The van der Waals surface area contributed by atoms with E-state index < -0.39 is 23.0 Å². The van der Waals surface area contributed by atoms with Crippen molar-refractivity contribution < 1.29 is 9.13 Å². The van der Waals surface area contributed by atoms with E-state index >= 15 is 0 Å². The van der Waals surface area contributed by atoms with Crippen molar-refractivity contribution in [2.75, 3.05) is 0 Å². The molecule has 0 spiro atoms.